The van der Waals surface area contributed by atoms with Gasteiger partial charge in [-0.3, -0.25) is 9.78 Å². The maximum atomic E-state index is 12.3. The number of aromatic nitrogens is 4. The van der Waals surface area contributed by atoms with Gasteiger partial charge in [0.05, 0.1) is 17.7 Å². The molecule has 0 bridgehead atoms. The molecule has 3 aromatic rings. The Bertz CT molecular complexity index is 981. The highest BCUT2D eigenvalue weighted by Crippen LogP contribution is 2.35. The maximum absolute atomic E-state index is 12.3. The van der Waals surface area contributed by atoms with Crippen molar-refractivity contribution < 1.29 is 13.7 Å². The molecule has 0 spiro atoms. The Labute approximate surface area is 175 Å². The summed E-state index contributed by atoms with van der Waals surface area (Å²) in [4.78, 5) is 16.6. The van der Waals surface area contributed by atoms with Gasteiger partial charge in [-0.05, 0) is 64.5 Å². The number of nitrogens with zero attached hydrogens (tertiary/aromatic N) is 4. The van der Waals surface area contributed by atoms with Crippen molar-refractivity contribution in [2.24, 2.45) is 5.92 Å². The van der Waals surface area contributed by atoms with Gasteiger partial charge in [-0.2, -0.15) is 0 Å². The molecule has 1 saturated carbocycles. The molecule has 30 heavy (non-hydrogen) atoms. The predicted octanol–water partition coefficient (Wildman–Crippen LogP) is 3.68. The summed E-state index contributed by atoms with van der Waals surface area (Å²) in [5, 5.41) is 15.4. The lowest BCUT2D eigenvalue weighted by molar-refractivity contribution is -0.120. The van der Waals surface area contributed by atoms with Crippen molar-refractivity contribution in [3.05, 3.63) is 46.9 Å². The van der Waals surface area contributed by atoms with E-state index < -0.39 is 0 Å². The maximum Gasteiger partial charge on any atom is 0.249 e. The lowest BCUT2D eigenvalue weighted by atomic mass is 9.82. The number of aryl methyl sites for hydroxylation is 3. The van der Waals surface area contributed by atoms with Crippen molar-refractivity contribution in [2.75, 3.05) is 6.54 Å². The van der Waals surface area contributed by atoms with Crippen LogP contribution < -0.4 is 5.32 Å². The third-order valence-electron chi connectivity index (χ3n) is 5.90. The Kier molecular flexibility index (Phi) is 5.92. The van der Waals surface area contributed by atoms with Crippen LogP contribution in [0.5, 0.6) is 0 Å². The molecule has 0 radical (unpaired) electrons. The zero-order chi connectivity index (χ0) is 21.1. The van der Waals surface area contributed by atoms with Crippen molar-refractivity contribution in [3.63, 3.8) is 0 Å². The van der Waals surface area contributed by atoms with E-state index in [1.54, 1.807) is 6.20 Å². The number of rotatable bonds is 6. The molecule has 3 aromatic heterocycles. The number of carbonyl (C=O) groups excluding carboxylic acids is 1. The Morgan fingerprint density at radius 1 is 1.13 bits per heavy atom. The fourth-order valence-corrected chi connectivity index (χ4v) is 3.96. The first-order valence-corrected chi connectivity index (χ1v) is 10.4. The monoisotopic (exact) mass is 409 g/mol. The molecule has 1 aliphatic carbocycles. The van der Waals surface area contributed by atoms with Crippen LogP contribution in [-0.4, -0.2) is 32.8 Å². The summed E-state index contributed by atoms with van der Waals surface area (Å²) < 4.78 is 11.0. The minimum Gasteiger partial charge on any atom is -0.420 e. The van der Waals surface area contributed by atoms with Gasteiger partial charge in [-0.1, -0.05) is 5.16 Å². The van der Waals surface area contributed by atoms with Crippen LogP contribution in [0, 0.1) is 26.7 Å². The van der Waals surface area contributed by atoms with Crippen molar-refractivity contribution in [3.8, 4) is 11.5 Å². The number of nitrogens with one attached hydrogen (secondary N) is 1. The molecule has 0 aromatic carbocycles. The molecule has 1 amide bonds. The largest absolute Gasteiger partial charge is 0.420 e. The Balaban J connectivity index is 1.25. The summed E-state index contributed by atoms with van der Waals surface area (Å²) in [7, 11) is 0. The van der Waals surface area contributed by atoms with E-state index in [0.717, 1.165) is 48.2 Å². The highest BCUT2D eigenvalue weighted by molar-refractivity contribution is 5.79. The van der Waals surface area contributed by atoms with E-state index in [1.807, 2.05) is 32.9 Å². The molecule has 3 heterocycles. The minimum absolute atomic E-state index is 0.0137. The summed E-state index contributed by atoms with van der Waals surface area (Å²) in [6.45, 7) is 6.33. The van der Waals surface area contributed by atoms with Crippen LogP contribution in [0.4, 0.5) is 0 Å². The quantitative estimate of drug-likeness (QED) is 0.662. The van der Waals surface area contributed by atoms with Gasteiger partial charge in [0, 0.05) is 29.9 Å². The highest BCUT2D eigenvalue weighted by atomic mass is 16.5. The molecular formula is C22H27N5O3. The zero-order valence-corrected chi connectivity index (χ0v) is 17.6. The average molecular weight is 409 g/mol. The van der Waals surface area contributed by atoms with E-state index >= 15 is 0 Å². The Morgan fingerprint density at radius 3 is 2.60 bits per heavy atom. The third kappa shape index (κ3) is 4.58. The summed E-state index contributed by atoms with van der Waals surface area (Å²) in [5.41, 5.74) is 3.46. The van der Waals surface area contributed by atoms with E-state index in [2.05, 4.69) is 25.7 Å². The molecule has 158 valence electrons. The fourth-order valence-electron chi connectivity index (χ4n) is 3.96. The summed E-state index contributed by atoms with van der Waals surface area (Å²) in [6, 6.07) is 3.88. The molecular weight excluding hydrogens is 382 g/mol. The van der Waals surface area contributed by atoms with Gasteiger partial charge in [-0.25, -0.2) is 0 Å². The van der Waals surface area contributed by atoms with Crippen LogP contribution in [0.3, 0.4) is 0 Å². The molecule has 1 fully saturated rings. The molecule has 0 atom stereocenters. The Morgan fingerprint density at radius 2 is 1.93 bits per heavy atom. The zero-order valence-electron chi connectivity index (χ0n) is 17.6. The van der Waals surface area contributed by atoms with Gasteiger partial charge in [0.2, 0.25) is 17.7 Å². The molecule has 8 heteroatoms. The lowest BCUT2D eigenvalue weighted by Gasteiger charge is -2.26. The van der Waals surface area contributed by atoms with E-state index in [-0.39, 0.29) is 11.8 Å². The summed E-state index contributed by atoms with van der Waals surface area (Å²) in [6.07, 6.45) is 6.10. The number of carbonyl (C=O) groups is 1. The molecule has 0 saturated heterocycles. The second kappa shape index (κ2) is 8.77. The number of pyridine rings is 1. The van der Waals surface area contributed by atoms with Gasteiger partial charge in [0.1, 0.15) is 5.76 Å². The topological polar surface area (TPSA) is 107 Å². The van der Waals surface area contributed by atoms with Gasteiger partial charge < -0.3 is 14.3 Å². The van der Waals surface area contributed by atoms with Crippen molar-refractivity contribution in [2.45, 2.75) is 58.8 Å². The second-order valence-corrected chi connectivity index (χ2v) is 8.13. The first kappa shape index (κ1) is 20.3. The highest BCUT2D eigenvalue weighted by Gasteiger charge is 2.27. The molecule has 8 nitrogen and oxygen atoms in total. The smallest absolute Gasteiger partial charge is 0.249 e. The second-order valence-electron chi connectivity index (χ2n) is 8.13. The van der Waals surface area contributed by atoms with Crippen LogP contribution in [0.2, 0.25) is 0 Å². The van der Waals surface area contributed by atoms with Gasteiger partial charge in [0.25, 0.3) is 0 Å². The number of amides is 1. The normalized spacial score (nSPS) is 19.0. The first-order chi connectivity index (χ1) is 14.5. The number of hydrogen-bond donors (Lipinski definition) is 1. The Hall–Kier alpha value is -3.03. The van der Waals surface area contributed by atoms with Crippen LogP contribution in [0.1, 0.15) is 60.2 Å². The lowest BCUT2D eigenvalue weighted by Crippen LogP contribution is -2.32. The third-order valence-corrected chi connectivity index (χ3v) is 5.90. The number of hydrogen-bond acceptors (Lipinski definition) is 7. The molecule has 0 unspecified atom stereocenters. The van der Waals surface area contributed by atoms with Gasteiger partial charge in [-0.15, -0.1) is 10.2 Å². The standard InChI is InChI=1S/C22H27N5O3/c1-13-4-7-18(12-23-13)22-26-25-21(29-22)17-8-5-16(6-9-17)11-24-20(28)10-19-14(2)27-30-15(19)3/h4,7,12,16-17H,5-6,8-11H2,1-3H3,(H,24,28). The van der Waals surface area contributed by atoms with E-state index in [1.165, 1.54) is 0 Å². The fraction of sp³-hybridized carbons (Fsp3) is 0.500. The molecule has 4 rings (SSSR count). The minimum atomic E-state index is 0.0137. The van der Waals surface area contributed by atoms with Crippen molar-refractivity contribution in [1.29, 1.82) is 0 Å². The van der Waals surface area contributed by atoms with E-state index in [9.17, 15) is 4.79 Å². The van der Waals surface area contributed by atoms with Gasteiger partial charge >= 0.3 is 0 Å². The predicted molar refractivity (Wildman–Crippen MR) is 110 cm³/mol. The molecule has 0 aliphatic heterocycles. The SMILES string of the molecule is Cc1ccc(-c2nnc(C3CCC(CNC(=O)Cc4c(C)noc4C)CC3)o2)cn1. The summed E-state index contributed by atoms with van der Waals surface area (Å²) >= 11 is 0. The van der Waals surface area contributed by atoms with Crippen LogP contribution in [0.25, 0.3) is 11.5 Å². The van der Waals surface area contributed by atoms with Crippen LogP contribution >= 0.6 is 0 Å². The van der Waals surface area contributed by atoms with Crippen LogP contribution in [-0.2, 0) is 11.2 Å². The van der Waals surface area contributed by atoms with E-state index in [0.29, 0.717) is 36.4 Å². The van der Waals surface area contributed by atoms with E-state index in [4.69, 9.17) is 8.94 Å². The first-order valence-electron chi connectivity index (χ1n) is 10.4. The summed E-state index contributed by atoms with van der Waals surface area (Å²) in [5.74, 6) is 2.69. The van der Waals surface area contributed by atoms with Crippen molar-refractivity contribution >= 4 is 5.91 Å². The van der Waals surface area contributed by atoms with Crippen molar-refractivity contribution in [1.82, 2.24) is 25.7 Å². The van der Waals surface area contributed by atoms with Gasteiger partial charge in [0.15, 0.2) is 0 Å². The van der Waals surface area contributed by atoms with Crippen LogP contribution in [0.15, 0.2) is 27.3 Å². The molecule has 1 N–H and O–H groups in total. The molecule has 1 aliphatic rings. The average Bonchev–Trinajstić information content (AvgIpc) is 3.36.